The third-order valence-corrected chi connectivity index (χ3v) is 3.57. The van der Waals surface area contributed by atoms with Crippen LogP contribution in [0, 0.1) is 6.92 Å². The molecule has 0 spiro atoms. The van der Waals surface area contributed by atoms with E-state index in [2.05, 4.69) is 20.6 Å². The van der Waals surface area contributed by atoms with Gasteiger partial charge in [-0.15, -0.1) is 0 Å². The van der Waals surface area contributed by atoms with Crippen LogP contribution < -0.4 is 15.4 Å². The average Bonchev–Trinajstić information content (AvgIpc) is 2.65. The summed E-state index contributed by atoms with van der Waals surface area (Å²) in [6.07, 6.45) is 2.98. The SMILES string of the molecule is COc1ccc(NC(=O)c2cnc(Nc3ccc(C)cc3)nc2)cc1. The molecule has 126 valence electrons. The van der Waals surface area contributed by atoms with Crippen molar-refractivity contribution in [1.82, 2.24) is 9.97 Å². The van der Waals surface area contributed by atoms with Crippen molar-refractivity contribution >= 4 is 23.2 Å². The second-order valence-electron chi connectivity index (χ2n) is 5.47. The number of nitrogens with zero attached hydrogens (tertiary/aromatic N) is 2. The largest absolute Gasteiger partial charge is 0.497 e. The molecule has 6 nitrogen and oxygen atoms in total. The van der Waals surface area contributed by atoms with Gasteiger partial charge in [0.1, 0.15) is 5.75 Å². The predicted octanol–water partition coefficient (Wildman–Crippen LogP) is 3.79. The lowest BCUT2D eigenvalue weighted by Crippen LogP contribution is -2.13. The van der Waals surface area contributed by atoms with E-state index in [-0.39, 0.29) is 5.91 Å². The van der Waals surface area contributed by atoms with Gasteiger partial charge in [0.2, 0.25) is 5.95 Å². The predicted molar refractivity (Wildman–Crippen MR) is 97.4 cm³/mol. The molecule has 0 unspecified atom stereocenters. The Morgan fingerprint density at radius 1 is 0.920 bits per heavy atom. The smallest absolute Gasteiger partial charge is 0.258 e. The summed E-state index contributed by atoms with van der Waals surface area (Å²) >= 11 is 0. The van der Waals surface area contributed by atoms with Crippen LogP contribution in [0.2, 0.25) is 0 Å². The van der Waals surface area contributed by atoms with E-state index in [1.54, 1.807) is 31.4 Å². The van der Waals surface area contributed by atoms with Crippen molar-refractivity contribution < 1.29 is 9.53 Å². The lowest BCUT2D eigenvalue weighted by atomic mass is 10.2. The minimum Gasteiger partial charge on any atom is -0.497 e. The van der Waals surface area contributed by atoms with E-state index in [4.69, 9.17) is 4.74 Å². The quantitative estimate of drug-likeness (QED) is 0.742. The van der Waals surface area contributed by atoms with Crippen LogP contribution in [0.15, 0.2) is 60.9 Å². The molecule has 3 rings (SSSR count). The maximum absolute atomic E-state index is 12.2. The van der Waals surface area contributed by atoms with Gasteiger partial charge < -0.3 is 15.4 Å². The van der Waals surface area contributed by atoms with E-state index >= 15 is 0 Å². The maximum Gasteiger partial charge on any atom is 0.258 e. The summed E-state index contributed by atoms with van der Waals surface area (Å²) in [5.41, 5.74) is 3.12. The Kier molecular flexibility index (Phi) is 4.89. The highest BCUT2D eigenvalue weighted by Gasteiger charge is 2.08. The van der Waals surface area contributed by atoms with Gasteiger partial charge in [0.05, 0.1) is 12.7 Å². The number of aromatic nitrogens is 2. The second-order valence-corrected chi connectivity index (χ2v) is 5.47. The molecule has 0 aliphatic rings. The van der Waals surface area contributed by atoms with Crippen LogP contribution in [0.1, 0.15) is 15.9 Å². The molecule has 1 amide bonds. The third-order valence-electron chi connectivity index (χ3n) is 3.57. The van der Waals surface area contributed by atoms with Gasteiger partial charge in [0, 0.05) is 23.8 Å². The first-order valence-electron chi connectivity index (χ1n) is 7.75. The number of carbonyl (C=O) groups is 1. The van der Waals surface area contributed by atoms with E-state index in [0.29, 0.717) is 17.2 Å². The number of amides is 1. The summed E-state index contributed by atoms with van der Waals surface area (Å²) < 4.78 is 5.09. The first kappa shape index (κ1) is 16.4. The molecule has 0 bridgehead atoms. The average molecular weight is 334 g/mol. The number of nitrogens with one attached hydrogen (secondary N) is 2. The van der Waals surface area contributed by atoms with Crippen LogP contribution in [0.25, 0.3) is 0 Å². The topological polar surface area (TPSA) is 76.1 Å². The van der Waals surface area contributed by atoms with Crippen molar-refractivity contribution in [1.29, 1.82) is 0 Å². The number of hydrogen-bond acceptors (Lipinski definition) is 5. The van der Waals surface area contributed by atoms with Gasteiger partial charge in [-0.25, -0.2) is 9.97 Å². The number of carbonyl (C=O) groups excluding carboxylic acids is 1. The van der Waals surface area contributed by atoms with Gasteiger partial charge in [0.25, 0.3) is 5.91 Å². The van der Waals surface area contributed by atoms with Crippen LogP contribution in [0.4, 0.5) is 17.3 Å². The molecule has 0 aliphatic heterocycles. The molecular formula is C19H18N4O2. The van der Waals surface area contributed by atoms with Crippen molar-refractivity contribution in [2.75, 3.05) is 17.7 Å². The number of rotatable bonds is 5. The van der Waals surface area contributed by atoms with Crippen LogP contribution in [-0.4, -0.2) is 23.0 Å². The van der Waals surface area contributed by atoms with Gasteiger partial charge >= 0.3 is 0 Å². The van der Waals surface area contributed by atoms with Gasteiger partial charge in [-0.1, -0.05) is 17.7 Å². The second kappa shape index (κ2) is 7.44. The lowest BCUT2D eigenvalue weighted by Gasteiger charge is -2.07. The van der Waals surface area contributed by atoms with Gasteiger partial charge in [-0.2, -0.15) is 0 Å². The van der Waals surface area contributed by atoms with E-state index < -0.39 is 0 Å². The maximum atomic E-state index is 12.2. The summed E-state index contributed by atoms with van der Waals surface area (Å²) in [6.45, 7) is 2.02. The molecule has 0 saturated heterocycles. The van der Waals surface area contributed by atoms with Crippen molar-refractivity contribution in [3.63, 3.8) is 0 Å². The summed E-state index contributed by atoms with van der Waals surface area (Å²) in [7, 11) is 1.59. The third kappa shape index (κ3) is 4.32. The Morgan fingerprint density at radius 3 is 2.12 bits per heavy atom. The highest BCUT2D eigenvalue weighted by Crippen LogP contribution is 2.16. The Balaban J connectivity index is 1.64. The minimum absolute atomic E-state index is 0.271. The molecule has 2 aromatic carbocycles. The van der Waals surface area contributed by atoms with Crippen molar-refractivity contribution in [2.45, 2.75) is 6.92 Å². The van der Waals surface area contributed by atoms with Gasteiger partial charge in [0.15, 0.2) is 0 Å². The summed E-state index contributed by atoms with van der Waals surface area (Å²) in [5, 5.41) is 5.88. The summed E-state index contributed by atoms with van der Waals surface area (Å²) in [4.78, 5) is 20.6. The summed E-state index contributed by atoms with van der Waals surface area (Å²) in [5.74, 6) is 0.893. The molecule has 0 fully saturated rings. The standard InChI is InChI=1S/C19H18N4O2/c1-13-3-5-16(6-4-13)23-19-20-11-14(12-21-19)18(24)22-15-7-9-17(25-2)10-8-15/h3-12H,1-2H3,(H,22,24)(H,20,21,23). The molecule has 6 heteroatoms. The van der Waals surface area contributed by atoms with E-state index in [9.17, 15) is 4.79 Å². The molecule has 0 radical (unpaired) electrons. The number of methoxy groups -OCH3 is 1. The normalized spacial score (nSPS) is 10.2. The molecule has 2 N–H and O–H groups in total. The molecule has 0 atom stereocenters. The lowest BCUT2D eigenvalue weighted by molar-refractivity contribution is 0.102. The Hall–Kier alpha value is -3.41. The van der Waals surface area contributed by atoms with E-state index in [1.165, 1.54) is 18.0 Å². The molecule has 1 aromatic heterocycles. The zero-order chi connectivity index (χ0) is 17.6. The van der Waals surface area contributed by atoms with Crippen LogP contribution in [-0.2, 0) is 0 Å². The molecule has 0 saturated carbocycles. The van der Waals surface area contributed by atoms with Crippen LogP contribution >= 0.6 is 0 Å². The highest BCUT2D eigenvalue weighted by molar-refractivity contribution is 6.03. The number of aryl methyl sites for hydroxylation is 1. The first-order valence-corrected chi connectivity index (χ1v) is 7.75. The van der Waals surface area contributed by atoms with Crippen molar-refractivity contribution in [3.05, 3.63) is 72.1 Å². The first-order chi connectivity index (χ1) is 12.1. The van der Waals surface area contributed by atoms with Crippen molar-refractivity contribution in [2.24, 2.45) is 0 Å². The van der Waals surface area contributed by atoms with Gasteiger partial charge in [-0.3, -0.25) is 4.79 Å². The van der Waals surface area contributed by atoms with Crippen LogP contribution in [0.5, 0.6) is 5.75 Å². The van der Waals surface area contributed by atoms with Gasteiger partial charge in [-0.05, 0) is 43.3 Å². The number of benzene rings is 2. The molecule has 25 heavy (non-hydrogen) atoms. The monoisotopic (exact) mass is 334 g/mol. The highest BCUT2D eigenvalue weighted by atomic mass is 16.5. The minimum atomic E-state index is -0.271. The Bertz CT molecular complexity index is 844. The molecular weight excluding hydrogens is 316 g/mol. The molecule has 0 aliphatic carbocycles. The zero-order valence-electron chi connectivity index (χ0n) is 14.0. The fourth-order valence-corrected chi connectivity index (χ4v) is 2.15. The molecule has 1 heterocycles. The fraction of sp³-hybridized carbons (Fsp3) is 0.105. The Labute approximate surface area is 145 Å². The Morgan fingerprint density at radius 2 is 1.52 bits per heavy atom. The van der Waals surface area contributed by atoms with E-state index in [1.807, 2.05) is 31.2 Å². The van der Waals surface area contributed by atoms with Crippen molar-refractivity contribution in [3.8, 4) is 5.75 Å². The number of anilines is 3. The van der Waals surface area contributed by atoms with Crippen LogP contribution in [0.3, 0.4) is 0 Å². The molecule has 3 aromatic rings. The summed E-state index contributed by atoms with van der Waals surface area (Å²) in [6, 6.07) is 15.0. The fourth-order valence-electron chi connectivity index (χ4n) is 2.15. The number of ether oxygens (including phenoxy) is 1. The zero-order valence-corrected chi connectivity index (χ0v) is 14.0. The van der Waals surface area contributed by atoms with E-state index in [0.717, 1.165) is 11.4 Å². The number of hydrogen-bond donors (Lipinski definition) is 2.